The van der Waals surface area contributed by atoms with Gasteiger partial charge in [0.25, 0.3) is 0 Å². The van der Waals surface area contributed by atoms with E-state index in [1.54, 1.807) is 16.9 Å². The highest BCUT2D eigenvalue weighted by Gasteiger charge is 2.10. The van der Waals surface area contributed by atoms with Gasteiger partial charge in [-0.1, -0.05) is 6.07 Å². The Labute approximate surface area is 140 Å². The molecule has 1 aliphatic rings. The average molecular weight is 330 g/mol. The van der Waals surface area contributed by atoms with E-state index >= 15 is 0 Å². The molecule has 0 atom stereocenters. The summed E-state index contributed by atoms with van der Waals surface area (Å²) in [4.78, 5) is 18.4. The van der Waals surface area contributed by atoms with Gasteiger partial charge < -0.3 is 10.1 Å². The molecule has 2 aromatic rings. The standard InChI is InChI=1S/C16H22N6O2/c23-16(18-6-8-21-9-11-24-12-10-21)19-15-4-7-22(20-15)13-14-3-1-2-5-17-14/h1-5,7H,6,8-13H2,(H2,18,19,20,23). The number of nitrogens with zero attached hydrogens (tertiary/aromatic N) is 4. The Kier molecular flexibility index (Phi) is 5.75. The molecule has 8 heteroatoms. The monoisotopic (exact) mass is 330 g/mol. The summed E-state index contributed by atoms with van der Waals surface area (Å²) >= 11 is 0. The van der Waals surface area contributed by atoms with Gasteiger partial charge in [-0.05, 0) is 12.1 Å². The van der Waals surface area contributed by atoms with Gasteiger partial charge >= 0.3 is 6.03 Å². The molecule has 0 unspecified atom stereocenters. The Balaban J connectivity index is 1.40. The fourth-order valence-electron chi connectivity index (χ4n) is 2.49. The smallest absolute Gasteiger partial charge is 0.320 e. The Hall–Kier alpha value is -2.45. The van der Waals surface area contributed by atoms with Crippen LogP contribution in [0.5, 0.6) is 0 Å². The van der Waals surface area contributed by atoms with Crippen molar-refractivity contribution < 1.29 is 9.53 Å². The molecule has 1 fully saturated rings. The number of amides is 2. The van der Waals surface area contributed by atoms with Crippen LogP contribution in [-0.2, 0) is 11.3 Å². The summed E-state index contributed by atoms with van der Waals surface area (Å²) in [5.41, 5.74) is 0.919. The van der Waals surface area contributed by atoms with E-state index in [4.69, 9.17) is 4.74 Å². The molecule has 0 radical (unpaired) electrons. The summed E-state index contributed by atoms with van der Waals surface area (Å²) in [7, 11) is 0. The minimum Gasteiger partial charge on any atom is -0.379 e. The number of nitrogens with one attached hydrogen (secondary N) is 2. The molecule has 2 N–H and O–H groups in total. The van der Waals surface area contributed by atoms with Crippen LogP contribution in [0.2, 0.25) is 0 Å². The molecular weight excluding hydrogens is 308 g/mol. The third-order valence-electron chi connectivity index (χ3n) is 3.75. The third-order valence-corrected chi connectivity index (χ3v) is 3.75. The predicted octanol–water partition coefficient (Wildman–Crippen LogP) is 0.780. The number of hydrogen-bond acceptors (Lipinski definition) is 5. The van der Waals surface area contributed by atoms with Crippen LogP contribution < -0.4 is 10.6 Å². The molecule has 2 amide bonds. The average Bonchev–Trinajstić information content (AvgIpc) is 3.03. The van der Waals surface area contributed by atoms with Crippen LogP contribution in [0, 0.1) is 0 Å². The van der Waals surface area contributed by atoms with Gasteiger partial charge in [-0.3, -0.25) is 19.9 Å². The topological polar surface area (TPSA) is 84.3 Å². The number of urea groups is 1. The summed E-state index contributed by atoms with van der Waals surface area (Å²) in [6.45, 7) is 5.36. The van der Waals surface area contributed by atoms with Gasteiger partial charge in [0.15, 0.2) is 5.82 Å². The van der Waals surface area contributed by atoms with Crippen molar-refractivity contribution in [2.75, 3.05) is 44.7 Å². The van der Waals surface area contributed by atoms with Gasteiger partial charge in [0.1, 0.15) is 0 Å². The van der Waals surface area contributed by atoms with E-state index < -0.39 is 0 Å². The highest BCUT2D eigenvalue weighted by molar-refractivity contribution is 5.88. The minimum atomic E-state index is -0.244. The highest BCUT2D eigenvalue weighted by Crippen LogP contribution is 2.04. The number of morpholine rings is 1. The SMILES string of the molecule is O=C(NCCN1CCOCC1)Nc1ccn(Cc2ccccn2)n1. The van der Waals surface area contributed by atoms with Gasteiger partial charge in [0.05, 0.1) is 25.5 Å². The first-order valence-electron chi connectivity index (χ1n) is 8.08. The fraction of sp³-hybridized carbons (Fsp3) is 0.438. The molecule has 0 bridgehead atoms. The van der Waals surface area contributed by atoms with E-state index in [0.717, 1.165) is 38.5 Å². The van der Waals surface area contributed by atoms with Crippen LogP contribution in [0.25, 0.3) is 0 Å². The molecule has 3 rings (SSSR count). The molecule has 1 aliphatic heterocycles. The largest absolute Gasteiger partial charge is 0.379 e. The number of ether oxygens (including phenoxy) is 1. The Bertz CT molecular complexity index is 639. The Morgan fingerprint density at radius 3 is 2.92 bits per heavy atom. The lowest BCUT2D eigenvalue weighted by atomic mass is 10.3. The number of anilines is 1. The van der Waals surface area contributed by atoms with Crippen molar-refractivity contribution in [3.8, 4) is 0 Å². The quantitative estimate of drug-likeness (QED) is 0.818. The maximum absolute atomic E-state index is 11.9. The number of hydrogen-bond donors (Lipinski definition) is 2. The zero-order valence-corrected chi connectivity index (χ0v) is 13.5. The molecule has 0 aromatic carbocycles. The van der Waals surface area contributed by atoms with Crippen LogP contribution in [0.3, 0.4) is 0 Å². The second-order valence-electron chi connectivity index (χ2n) is 5.55. The van der Waals surface area contributed by atoms with Crippen LogP contribution in [0.4, 0.5) is 10.6 Å². The maximum Gasteiger partial charge on any atom is 0.320 e. The van der Waals surface area contributed by atoms with Crippen molar-refractivity contribution in [1.82, 2.24) is 25.0 Å². The molecule has 24 heavy (non-hydrogen) atoms. The lowest BCUT2D eigenvalue weighted by Crippen LogP contribution is -2.42. The van der Waals surface area contributed by atoms with E-state index in [0.29, 0.717) is 18.9 Å². The highest BCUT2D eigenvalue weighted by atomic mass is 16.5. The predicted molar refractivity (Wildman–Crippen MR) is 89.8 cm³/mol. The second kappa shape index (κ2) is 8.42. The number of pyridine rings is 1. The molecule has 0 spiro atoms. The van der Waals surface area contributed by atoms with Crippen molar-refractivity contribution in [1.29, 1.82) is 0 Å². The summed E-state index contributed by atoms with van der Waals surface area (Å²) < 4.78 is 7.04. The molecule has 2 aromatic heterocycles. The molecule has 8 nitrogen and oxygen atoms in total. The molecule has 0 saturated carbocycles. The first-order valence-corrected chi connectivity index (χ1v) is 8.08. The lowest BCUT2D eigenvalue weighted by Gasteiger charge is -2.26. The van der Waals surface area contributed by atoms with Gasteiger partial charge in [0.2, 0.25) is 0 Å². The second-order valence-corrected chi connectivity index (χ2v) is 5.55. The number of rotatable bonds is 6. The minimum absolute atomic E-state index is 0.244. The van der Waals surface area contributed by atoms with E-state index in [2.05, 4.69) is 25.6 Å². The van der Waals surface area contributed by atoms with Crippen molar-refractivity contribution in [3.05, 3.63) is 42.4 Å². The van der Waals surface area contributed by atoms with Crippen LogP contribution in [0.1, 0.15) is 5.69 Å². The molecule has 0 aliphatic carbocycles. The Morgan fingerprint density at radius 1 is 1.25 bits per heavy atom. The van der Waals surface area contributed by atoms with E-state index in [9.17, 15) is 4.79 Å². The normalized spacial score (nSPS) is 15.2. The van der Waals surface area contributed by atoms with Crippen molar-refractivity contribution >= 4 is 11.8 Å². The fourth-order valence-corrected chi connectivity index (χ4v) is 2.49. The summed E-state index contributed by atoms with van der Waals surface area (Å²) in [5, 5.41) is 9.90. The summed E-state index contributed by atoms with van der Waals surface area (Å²) in [6.07, 6.45) is 3.57. The van der Waals surface area contributed by atoms with Crippen molar-refractivity contribution in [2.24, 2.45) is 0 Å². The molecule has 1 saturated heterocycles. The molecule has 128 valence electrons. The first-order chi connectivity index (χ1) is 11.8. The Morgan fingerprint density at radius 2 is 2.12 bits per heavy atom. The van der Waals surface area contributed by atoms with E-state index in [-0.39, 0.29) is 6.03 Å². The number of carbonyl (C=O) groups excluding carboxylic acids is 1. The van der Waals surface area contributed by atoms with Gasteiger partial charge in [0, 0.05) is 44.6 Å². The number of carbonyl (C=O) groups is 1. The van der Waals surface area contributed by atoms with Crippen molar-refractivity contribution in [3.63, 3.8) is 0 Å². The van der Waals surface area contributed by atoms with E-state index in [1.165, 1.54) is 0 Å². The lowest BCUT2D eigenvalue weighted by molar-refractivity contribution is 0.0388. The van der Waals surface area contributed by atoms with Crippen LogP contribution in [0.15, 0.2) is 36.7 Å². The van der Waals surface area contributed by atoms with Gasteiger partial charge in [-0.15, -0.1) is 0 Å². The zero-order chi connectivity index (χ0) is 16.6. The van der Waals surface area contributed by atoms with Crippen LogP contribution in [-0.4, -0.2) is 65.1 Å². The first kappa shape index (κ1) is 16.4. The molecule has 3 heterocycles. The van der Waals surface area contributed by atoms with Gasteiger partial charge in [-0.25, -0.2) is 4.79 Å². The molecular formula is C16H22N6O2. The maximum atomic E-state index is 11.9. The summed E-state index contributed by atoms with van der Waals surface area (Å²) in [6, 6.07) is 7.28. The van der Waals surface area contributed by atoms with Crippen molar-refractivity contribution in [2.45, 2.75) is 6.54 Å². The zero-order valence-electron chi connectivity index (χ0n) is 13.5. The van der Waals surface area contributed by atoms with Crippen LogP contribution >= 0.6 is 0 Å². The van der Waals surface area contributed by atoms with E-state index in [1.807, 2.05) is 24.4 Å². The number of aromatic nitrogens is 3. The summed E-state index contributed by atoms with van der Waals surface area (Å²) in [5.74, 6) is 0.523. The third kappa shape index (κ3) is 5.04. The van der Waals surface area contributed by atoms with Gasteiger partial charge in [-0.2, -0.15) is 5.10 Å².